The molecule has 0 N–H and O–H groups in total. The van der Waals surface area contributed by atoms with Crippen molar-refractivity contribution in [1.82, 2.24) is 0 Å². The third kappa shape index (κ3) is 3.50. The summed E-state index contributed by atoms with van der Waals surface area (Å²) in [6.07, 6.45) is -2.60. The maximum Gasteiger partial charge on any atom is 0.310 e. The number of rotatable bonds is 5. The van der Waals surface area contributed by atoms with Gasteiger partial charge in [-0.05, 0) is 30.5 Å². The molecular formula is C14H15F2NO2. The fourth-order valence-electron chi connectivity index (χ4n) is 1.99. The lowest BCUT2D eigenvalue weighted by molar-refractivity contribution is -0.142. The first-order valence-electron chi connectivity index (χ1n) is 6.03. The largest absolute Gasteiger partial charge is 0.466 e. The van der Waals surface area contributed by atoms with Gasteiger partial charge in [-0.15, -0.1) is 0 Å². The van der Waals surface area contributed by atoms with Crippen molar-refractivity contribution < 1.29 is 18.3 Å². The van der Waals surface area contributed by atoms with Crippen LogP contribution in [0.1, 0.15) is 42.5 Å². The zero-order chi connectivity index (χ0) is 14.4. The van der Waals surface area contributed by atoms with E-state index in [0.717, 1.165) is 0 Å². The molecular weight excluding hydrogens is 252 g/mol. The number of hydrogen-bond acceptors (Lipinski definition) is 3. The number of ether oxygens (including phenoxy) is 1. The monoisotopic (exact) mass is 267 g/mol. The summed E-state index contributed by atoms with van der Waals surface area (Å²) >= 11 is 0. The van der Waals surface area contributed by atoms with Crippen LogP contribution < -0.4 is 0 Å². The number of carbonyl (C=O) groups is 1. The Labute approximate surface area is 110 Å². The predicted molar refractivity (Wildman–Crippen MR) is 65.8 cm³/mol. The molecule has 0 saturated carbocycles. The van der Waals surface area contributed by atoms with Crippen LogP contribution in [0, 0.1) is 11.3 Å². The molecule has 0 unspecified atom stereocenters. The molecule has 0 bridgehead atoms. The molecule has 0 saturated heterocycles. The van der Waals surface area contributed by atoms with E-state index in [1.807, 2.05) is 6.07 Å². The van der Waals surface area contributed by atoms with Crippen LogP contribution in [-0.4, -0.2) is 12.6 Å². The van der Waals surface area contributed by atoms with Gasteiger partial charge in [-0.3, -0.25) is 4.79 Å². The Kier molecular flexibility index (Phi) is 5.43. The Morgan fingerprint density at radius 2 is 2.11 bits per heavy atom. The normalized spacial score (nSPS) is 10.3. The molecule has 0 atom stereocenters. The molecule has 19 heavy (non-hydrogen) atoms. The molecule has 0 amide bonds. The lowest BCUT2D eigenvalue weighted by atomic mass is 9.93. The number of halogens is 2. The Morgan fingerprint density at radius 3 is 2.58 bits per heavy atom. The van der Waals surface area contributed by atoms with Crippen molar-refractivity contribution in [3.8, 4) is 6.07 Å². The molecule has 1 rings (SSSR count). The molecule has 0 heterocycles. The van der Waals surface area contributed by atoms with Crippen molar-refractivity contribution >= 4 is 5.97 Å². The van der Waals surface area contributed by atoms with E-state index in [-0.39, 0.29) is 29.7 Å². The molecule has 0 spiro atoms. The average molecular weight is 267 g/mol. The van der Waals surface area contributed by atoms with E-state index in [0.29, 0.717) is 12.0 Å². The van der Waals surface area contributed by atoms with Crippen molar-refractivity contribution in [3.63, 3.8) is 0 Å². The first-order chi connectivity index (χ1) is 9.04. The topological polar surface area (TPSA) is 50.1 Å². The van der Waals surface area contributed by atoms with Gasteiger partial charge in [0.15, 0.2) is 0 Å². The third-order valence-electron chi connectivity index (χ3n) is 2.78. The van der Waals surface area contributed by atoms with Crippen molar-refractivity contribution in [3.05, 3.63) is 34.4 Å². The maximum absolute atomic E-state index is 13.2. The van der Waals surface area contributed by atoms with Gasteiger partial charge in [0.1, 0.15) is 0 Å². The van der Waals surface area contributed by atoms with Crippen LogP contribution in [0.4, 0.5) is 8.78 Å². The lowest BCUT2D eigenvalue weighted by Gasteiger charge is -2.14. The van der Waals surface area contributed by atoms with Crippen LogP contribution in [0.3, 0.4) is 0 Å². The summed E-state index contributed by atoms with van der Waals surface area (Å²) in [4.78, 5) is 11.4. The summed E-state index contributed by atoms with van der Waals surface area (Å²) in [6, 6.07) is 4.77. The second-order valence-corrected chi connectivity index (χ2v) is 3.91. The van der Waals surface area contributed by atoms with Crippen molar-refractivity contribution in [2.45, 2.75) is 33.1 Å². The summed E-state index contributed by atoms with van der Waals surface area (Å²) in [5.74, 6) is -0.545. The summed E-state index contributed by atoms with van der Waals surface area (Å²) in [7, 11) is 0. The minimum Gasteiger partial charge on any atom is -0.466 e. The van der Waals surface area contributed by atoms with E-state index >= 15 is 0 Å². The molecule has 1 aromatic carbocycles. The third-order valence-corrected chi connectivity index (χ3v) is 2.78. The second kappa shape index (κ2) is 6.83. The van der Waals surface area contributed by atoms with Crippen molar-refractivity contribution in [2.75, 3.05) is 6.61 Å². The fraction of sp³-hybridized carbons (Fsp3) is 0.429. The van der Waals surface area contributed by atoms with Crippen LogP contribution in [0.5, 0.6) is 0 Å². The Balaban J connectivity index is 3.25. The zero-order valence-electron chi connectivity index (χ0n) is 10.9. The molecule has 0 aliphatic heterocycles. The number of nitrogens with zero attached hydrogens (tertiary/aromatic N) is 1. The van der Waals surface area contributed by atoms with Gasteiger partial charge in [-0.25, -0.2) is 8.78 Å². The van der Waals surface area contributed by atoms with Gasteiger partial charge in [0.05, 0.1) is 24.7 Å². The van der Waals surface area contributed by atoms with Gasteiger partial charge in [-0.1, -0.05) is 13.0 Å². The number of benzene rings is 1. The molecule has 0 aromatic heterocycles. The molecule has 5 heteroatoms. The molecule has 0 aliphatic carbocycles. The Bertz CT molecular complexity index is 507. The number of hydrogen-bond donors (Lipinski definition) is 0. The van der Waals surface area contributed by atoms with Crippen molar-refractivity contribution in [2.24, 2.45) is 0 Å². The molecule has 1 aromatic rings. The maximum atomic E-state index is 13.2. The van der Waals surface area contributed by atoms with E-state index in [4.69, 9.17) is 10.00 Å². The highest BCUT2D eigenvalue weighted by atomic mass is 19.3. The molecule has 0 fully saturated rings. The average Bonchev–Trinajstić information content (AvgIpc) is 2.37. The van der Waals surface area contributed by atoms with Crippen LogP contribution in [0.2, 0.25) is 0 Å². The molecule has 0 aliphatic rings. The van der Waals surface area contributed by atoms with Gasteiger partial charge in [0, 0.05) is 5.56 Å². The van der Waals surface area contributed by atoms with E-state index in [1.165, 1.54) is 12.1 Å². The van der Waals surface area contributed by atoms with Gasteiger partial charge in [0.2, 0.25) is 0 Å². The van der Waals surface area contributed by atoms with Crippen LogP contribution >= 0.6 is 0 Å². The highest BCUT2D eigenvalue weighted by molar-refractivity contribution is 5.73. The van der Waals surface area contributed by atoms with Crippen LogP contribution in [-0.2, 0) is 22.4 Å². The lowest BCUT2D eigenvalue weighted by Crippen LogP contribution is -2.11. The second-order valence-electron chi connectivity index (χ2n) is 3.91. The molecule has 3 nitrogen and oxygen atoms in total. The number of nitriles is 1. The number of esters is 1. The van der Waals surface area contributed by atoms with Crippen LogP contribution in [0.25, 0.3) is 0 Å². The van der Waals surface area contributed by atoms with E-state index in [2.05, 4.69) is 0 Å². The minimum absolute atomic E-state index is 0.202. The number of carbonyl (C=O) groups excluding carboxylic acids is 1. The summed E-state index contributed by atoms with van der Waals surface area (Å²) in [5.41, 5.74) is 0.545. The molecule has 0 radical (unpaired) electrons. The van der Waals surface area contributed by atoms with E-state index < -0.39 is 12.4 Å². The highest BCUT2D eigenvalue weighted by Gasteiger charge is 2.21. The first-order valence-corrected chi connectivity index (χ1v) is 6.03. The van der Waals surface area contributed by atoms with E-state index in [1.54, 1.807) is 13.8 Å². The smallest absolute Gasteiger partial charge is 0.310 e. The quantitative estimate of drug-likeness (QED) is 0.770. The zero-order valence-corrected chi connectivity index (χ0v) is 10.9. The standard InChI is InChI=1S/C14H15F2NO2/c1-3-11-10(8-17)6-5-9(13(11)14(15)16)7-12(18)19-4-2/h5-6,14H,3-4,7H2,1-2H3. The first kappa shape index (κ1) is 15.1. The predicted octanol–water partition coefficient (Wildman–Crippen LogP) is 3.16. The van der Waals surface area contributed by atoms with E-state index in [9.17, 15) is 13.6 Å². The van der Waals surface area contributed by atoms with Crippen molar-refractivity contribution in [1.29, 1.82) is 5.26 Å². The fourth-order valence-corrected chi connectivity index (χ4v) is 1.99. The summed E-state index contributed by atoms with van der Waals surface area (Å²) in [5, 5.41) is 8.93. The highest BCUT2D eigenvalue weighted by Crippen LogP contribution is 2.30. The van der Waals surface area contributed by atoms with Gasteiger partial charge < -0.3 is 4.74 Å². The Morgan fingerprint density at radius 1 is 1.42 bits per heavy atom. The summed E-state index contributed by atoms with van der Waals surface area (Å²) < 4.78 is 31.1. The van der Waals surface area contributed by atoms with Gasteiger partial charge in [-0.2, -0.15) is 5.26 Å². The van der Waals surface area contributed by atoms with Crippen LogP contribution in [0.15, 0.2) is 12.1 Å². The van der Waals surface area contributed by atoms with Gasteiger partial charge >= 0.3 is 5.97 Å². The van der Waals surface area contributed by atoms with Gasteiger partial charge in [0.25, 0.3) is 6.43 Å². The molecule has 102 valence electrons. The SMILES string of the molecule is CCOC(=O)Cc1ccc(C#N)c(CC)c1C(F)F. The minimum atomic E-state index is -2.72. The Hall–Kier alpha value is -1.96. The number of alkyl halides is 2. The summed E-state index contributed by atoms with van der Waals surface area (Å²) in [6.45, 7) is 3.57.